The molecule has 1 rings (SSSR count). The summed E-state index contributed by atoms with van der Waals surface area (Å²) in [6.07, 6.45) is 5.61. The number of rotatable bonds is 1. The number of hydrogen-bond donors (Lipinski definition) is 0. The molecule has 0 fully saturated rings. The number of hydrogen-bond acceptors (Lipinski definition) is 2. The van der Waals surface area contributed by atoms with E-state index in [1.54, 1.807) is 24.4 Å². The Morgan fingerprint density at radius 3 is 2.15 bits per heavy atom. The van der Waals surface area contributed by atoms with Crippen LogP contribution in [0.15, 0.2) is 36.5 Å². The summed E-state index contributed by atoms with van der Waals surface area (Å²) < 4.78 is 0. The van der Waals surface area contributed by atoms with Gasteiger partial charge in [0.15, 0.2) is 5.78 Å². The molecule has 0 bridgehead atoms. The minimum absolute atomic E-state index is 0.00981. The quantitative estimate of drug-likeness (QED) is 0.487. The lowest BCUT2D eigenvalue weighted by Crippen LogP contribution is -1.93. The molecule has 0 unspecified atom stereocenters. The second kappa shape index (κ2) is 7.22. The highest BCUT2D eigenvalue weighted by molar-refractivity contribution is 5.91. The average Bonchev–Trinajstić information content (AvgIpc) is 2.19. The van der Waals surface area contributed by atoms with Gasteiger partial charge in [-0.25, -0.2) is 0 Å². The summed E-state index contributed by atoms with van der Waals surface area (Å²) in [7, 11) is 0. The summed E-state index contributed by atoms with van der Waals surface area (Å²) >= 11 is 0. The molecule has 0 N–H and O–H groups in total. The summed E-state index contributed by atoms with van der Waals surface area (Å²) in [5.74, 6) is 0.00981. The van der Waals surface area contributed by atoms with Crippen molar-refractivity contribution in [3.05, 3.63) is 42.2 Å². The van der Waals surface area contributed by atoms with E-state index in [4.69, 9.17) is 0 Å². The van der Waals surface area contributed by atoms with Crippen LogP contribution in [0.2, 0.25) is 0 Å². The predicted octanol–water partition coefficient (Wildman–Crippen LogP) is 2.87. The van der Waals surface area contributed by atoms with E-state index in [9.17, 15) is 4.79 Å². The normalized spacial score (nSPS) is 9.15. The maximum atomic E-state index is 10.6. The van der Waals surface area contributed by atoms with Gasteiger partial charge in [-0.05, 0) is 26.0 Å². The maximum absolute atomic E-state index is 10.6. The van der Waals surface area contributed by atoms with Crippen molar-refractivity contribution in [2.75, 3.05) is 0 Å². The molecule has 2 nitrogen and oxygen atoms in total. The molecule has 1 aromatic rings. The molecular weight excluding hydrogens is 162 g/mol. The van der Waals surface area contributed by atoms with Gasteiger partial charge in [-0.2, -0.15) is 0 Å². The van der Waals surface area contributed by atoms with Gasteiger partial charge < -0.3 is 0 Å². The van der Waals surface area contributed by atoms with Crippen molar-refractivity contribution in [1.82, 2.24) is 4.98 Å². The molecule has 0 saturated carbocycles. The summed E-state index contributed by atoms with van der Waals surface area (Å²) in [5.41, 5.74) is 0.525. The number of nitrogens with zero attached hydrogens (tertiary/aromatic N) is 1. The molecule has 0 aliphatic carbocycles. The van der Waals surface area contributed by atoms with E-state index in [1.165, 1.54) is 6.92 Å². The molecule has 0 saturated heterocycles. The zero-order chi connectivity index (χ0) is 10.1. The van der Waals surface area contributed by atoms with Crippen molar-refractivity contribution in [3.63, 3.8) is 0 Å². The Morgan fingerprint density at radius 1 is 1.31 bits per heavy atom. The third-order valence-corrected chi connectivity index (χ3v) is 1.36. The van der Waals surface area contributed by atoms with Crippen LogP contribution in [0.4, 0.5) is 0 Å². The first-order valence-electron chi connectivity index (χ1n) is 4.21. The zero-order valence-electron chi connectivity index (χ0n) is 8.32. The number of allylic oxidation sites excluding steroid dienone is 2. The van der Waals surface area contributed by atoms with E-state index in [2.05, 4.69) is 4.98 Å². The van der Waals surface area contributed by atoms with Crippen LogP contribution in [0, 0.1) is 0 Å². The first-order chi connectivity index (χ1) is 6.22. The van der Waals surface area contributed by atoms with Crippen molar-refractivity contribution in [2.45, 2.75) is 20.8 Å². The van der Waals surface area contributed by atoms with Gasteiger partial charge in [0, 0.05) is 13.1 Å². The summed E-state index contributed by atoms with van der Waals surface area (Å²) in [6.45, 7) is 5.50. The van der Waals surface area contributed by atoms with Crippen LogP contribution >= 0.6 is 0 Å². The van der Waals surface area contributed by atoms with Gasteiger partial charge in [-0.3, -0.25) is 9.78 Å². The summed E-state index contributed by atoms with van der Waals surface area (Å²) in [4.78, 5) is 14.4. The second-order valence-electron chi connectivity index (χ2n) is 2.44. The first kappa shape index (κ1) is 11.6. The molecule has 0 radical (unpaired) electrons. The Balaban J connectivity index is 0.000000310. The number of Topliss-reactive ketones (excluding diaryl/α,β-unsaturated/α-hetero) is 1. The number of pyridine rings is 1. The Morgan fingerprint density at radius 2 is 1.92 bits per heavy atom. The monoisotopic (exact) mass is 177 g/mol. The van der Waals surface area contributed by atoms with Crippen molar-refractivity contribution < 1.29 is 4.79 Å². The molecule has 0 spiro atoms. The van der Waals surface area contributed by atoms with Crippen molar-refractivity contribution in [1.29, 1.82) is 0 Å². The highest BCUT2D eigenvalue weighted by atomic mass is 16.1. The van der Waals surface area contributed by atoms with Gasteiger partial charge in [0.2, 0.25) is 0 Å². The molecule has 1 aromatic heterocycles. The molecule has 0 aliphatic heterocycles. The van der Waals surface area contributed by atoms with E-state index in [1.807, 2.05) is 26.0 Å². The van der Waals surface area contributed by atoms with Crippen LogP contribution in [0.1, 0.15) is 31.3 Å². The van der Waals surface area contributed by atoms with Crippen LogP contribution in [-0.2, 0) is 0 Å². The Hall–Kier alpha value is -1.44. The van der Waals surface area contributed by atoms with Crippen LogP contribution < -0.4 is 0 Å². The fourth-order valence-electron chi connectivity index (χ4n) is 0.571. The molecule has 2 heteroatoms. The lowest BCUT2D eigenvalue weighted by molar-refractivity contribution is 0.101. The predicted molar refractivity (Wildman–Crippen MR) is 54.7 cm³/mol. The zero-order valence-corrected chi connectivity index (χ0v) is 8.32. The summed E-state index contributed by atoms with van der Waals surface area (Å²) in [6, 6.07) is 5.28. The van der Waals surface area contributed by atoms with Gasteiger partial charge in [-0.15, -0.1) is 0 Å². The SMILES string of the molecule is C/C=C/C.CC(=O)c1ccccn1. The Labute approximate surface area is 79.3 Å². The molecule has 1 heterocycles. The number of ketones is 1. The highest BCUT2D eigenvalue weighted by Crippen LogP contribution is 1.92. The molecular formula is C11H15NO. The van der Waals surface area contributed by atoms with E-state index < -0.39 is 0 Å². The van der Waals surface area contributed by atoms with E-state index >= 15 is 0 Å². The maximum Gasteiger partial charge on any atom is 0.178 e. The van der Waals surface area contributed by atoms with E-state index in [0.717, 1.165) is 0 Å². The molecule has 70 valence electrons. The van der Waals surface area contributed by atoms with Gasteiger partial charge >= 0.3 is 0 Å². The van der Waals surface area contributed by atoms with Crippen LogP contribution in [0.25, 0.3) is 0 Å². The van der Waals surface area contributed by atoms with Crippen LogP contribution in [0.3, 0.4) is 0 Å². The fraction of sp³-hybridized carbons (Fsp3) is 0.273. The molecule has 0 aliphatic rings. The van der Waals surface area contributed by atoms with Gasteiger partial charge in [-0.1, -0.05) is 18.2 Å². The Kier molecular flexibility index (Phi) is 6.42. The second-order valence-corrected chi connectivity index (χ2v) is 2.44. The topological polar surface area (TPSA) is 30.0 Å². The Bertz CT molecular complexity index is 261. The highest BCUT2D eigenvalue weighted by Gasteiger charge is 1.94. The number of carbonyl (C=O) groups is 1. The molecule has 0 atom stereocenters. The smallest absolute Gasteiger partial charge is 0.178 e. The molecule has 0 aromatic carbocycles. The summed E-state index contributed by atoms with van der Waals surface area (Å²) in [5, 5.41) is 0. The molecule has 13 heavy (non-hydrogen) atoms. The van der Waals surface area contributed by atoms with Gasteiger partial charge in [0.1, 0.15) is 5.69 Å². The van der Waals surface area contributed by atoms with Gasteiger partial charge in [0.05, 0.1) is 0 Å². The van der Waals surface area contributed by atoms with Gasteiger partial charge in [0.25, 0.3) is 0 Å². The van der Waals surface area contributed by atoms with Crippen molar-refractivity contribution >= 4 is 5.78 Å². The van der Waals surface area contributed by atoms with Crippen LogP contribution in [0.5, 0.6) is 0 Å². The third kappa shape index (κ3) is 5.79. The van der Waals surface area contributed by atoms with Crippen molar-refractivity contribution in [2.24, 2.45) is 0 Å². The van der Waals surface area contributed by atoms with Crippen molar-refractivity contribution in [3.8, 4) is 0 Å². The minimum Gasteiger partial charge on any atom is -0.293 e. The van der Waals surface area contributed by atoms with Crippen LogP contribution in [-0.4, -0.2) is 10.8 Å². The first-order valence-corrected chi connectivity index (χ1v) is 4.21. The lowest BCUT2D eigenvalue weighted by atomic mass is 10.3. The average molecular weight is 177 g/mol. The van der Waals surface area contributed by atoms with E-state index in [-0.39, 0.29) is 5.78 Å². The fourth-order valence-corrected chi connectivity index (χ4v) is 0.571. The lowest BCUT2D eigenvalue weighted by Gasteiger charge is -1.88. The minimum atomic E-state index is 0.00981. The third-order valence-electron chi connectivity index (χ3n) is 1.36. The number of carbonyl (C=O) groups excluding carboxylic acids is 1. The largest absolute Gasteiger partial charge is 0.293 e. The standard InChI is InChI=1S/C7H7NO.C4H8/c1-6(9)7-4-2-3-5-8-7;1-3-4-2/h2-5H,1H3;3-4H,1-2H3/b;4-3+. The van der Waals surface area contributed by atoms with E-state index in [0.29, 0.717) is 5.69 Å². The molecule has 0 amide bonds. The number of aromatic nitrogens is 1.